The van der Waals surface area contributed by atoms with Gasteiger partial charge in [-0.3, -0.25) is 0 Å². The minimum Gasteiger partial charge on any atom is -0.497 e. The van der Waals surface area contributed by atoms with Crippen LogP contribution in [0.15, 0.2) is 42.7 Å². The van der Waals surface area contributed by atoms with Crippen LogP contribution in [0, 0.1) is 0 Å². The number of hydrogen-bond acceptors (Lipinski definition) is 5. The number of benzene rings is 2. The second-order valence-corrected chi connectivity index (χ2v) is 5.70. The summed E-state index contributed by atoms with van der Waals surface area (Å²) in [4.78, 5) is 4.58. The molecule has 0 bridgehead atoms. The molecule has 0 saturated carbocycles. The van der Waals surface area contributed by atoms with Crippen molar-refractivity contribution in [3.05, 3.63) is 42.7 Å². The Morgan fingerprint density at radius 1 is 0.769 bits per heavy atom. The normalized spacial score (nSPS) is 10.5. The van der Waals surface area contributed by atoms with Gasteiger partial charge in [-0.2, -0.15) is 0 Å². The molecule has 0 unspecified atom stereocenters. The van der Waals surface area contributed by atoms with Gasteiger partial charge in [-0.1, -0.05) is 0 Å². The van der Waals surface area contributed by atoms with Gasteiger partial charge in [0.15, 0.2) is 11.5 Å². The second kappa shape index (κ2) is 7.39. The van der Waals surface area contributed by atoms with E-state index in [1.165, 1.54) is 0 Å². The third kappa shape index (κ3) is 3.06. The third-order valence-electron chi connectivity index (χ3n) is 4.24. The zero-order valence-electron chi connectivity index (χ0n) is 15.6. The number of nitrogens with zero attached hydrogens (tertiary/aromatic N) is 2. The predicted octanol–water partition coefficient (Wildman–Crippen LogP) is 3.79. The molecule has 0 amide bonds. The summed E-state index contributed by atoms with van der Waals surface area (Å²) in [6.45, 7) is 0. The Hall–Kier alpha value is -3.15. The Morgan fingerprint density at radius 2 is 1.38 bits per heavy atom. The number of methoxy groups -OCH3 is 4. The van der Waals surface area contributed by atoms with Crippen LogP contribution in [-0.2, 0) is 7.05 Å². The molecule has 0 aliphatic carbocycles. The maximum atomic E-state index is 5.48. The molecule has 1 heterocycles. The van der Waals surface area contributed by atoms with Crippen LogP contribution in [-0.4, -0.2) is 38.0 Å². The second-order valence-electron chi connectivity index (χ2n) is 5.70. The lowest BCUT2D eigenvalue weighted by atomic mass is 10.0. The topological polar surface area (TPSA) is 54.7 Å². The van der Waals surface area contributed by atoms with E-state index >= 15 is 0 Å². The molecule has 0 atom stereocenters. The monoisotopic (exact) mass is 354 g/mol. The van der Waals surface area contributed by atoms with Gasteiger partial charge in [0, 0.05) is 18.2 Å². The van der Waals surface area contributed by atoms with Crippen LogP contribution in [0.4, 0.5) is 0 Å². The molecule has 2 aromatic carbocycles. The highest BCUT2D eigenvalue weighted by Gasteiger charge is 2.19. The van der Waals surface area contributed by atoms with Crippen molar-refractivity contribution in [2.45, 2.75) is 0 Å². The van der Waals surface area contributed by atoms with E-state index < -0.39 is 0 Å². The van der Waals surface area contributed by atoms with E-state index in [2.05, 4.69) is 4.98 Å². The van der Waals surface area contributed by atoms with Gasteiger partial charge >= 0.3 is 0 Å². The maximum absolute atomic E-state index is 5.48. The van der Waals surface area contributed by atoms with Crippen molar-refractivity contribution in [2.24, 2.45) is 7.05 Å². The number of aromatic nitrogens is 2. The summed E-state index contributed by atoms with van der Waals surface area (Å²) in [6, 6.07) is 11.7. The number of aryl methyl sites for hydroxylation is 1. The van der Waals surface area contributed by atoms with Crippen LogP contribution >= 0.6 is 0 Å². The van der Waals surface area contributed by atoms with Crippen molar-refractivity contribution >= 4 is 0 Å². The number of ether oxygens (including phenoxy) is 4. The van der Waals surface area contributed by atoms with Crippen molar-refractivity contribution in [2.75, 3.05) is 28.4 Å². The van der Waals surface area contributed by atoms with Gasteiger partial charge in [-0.15, -0.1) is 0 Å². The maximum Gasteiger partial charge on any atom is 0.203 e. The van der Waals surface area contributed by atoms with Crippen LogP contribution in [0.2, 0.25) is 0 Å². The molecule has 0 fully saturated rings. The molecule has 3 rings (SSSR count). The summed E-state index contributed by atoms with van der Waals surface area (Å²) >= 11 is 0. The van der Waals surface area contributed by atoms with Gasteiger partial charge in [-0.25, -0.2) is 4.98 Å². The third-order valence-corrected chi connectivity index (χ3v) is 4.24. The quantitative estimate of drug-likeness (QED) is 0.674. The summed E-state index contributed by atoms with van der Waals surface area (Å²) in [5.74, 6) is 2.57. The molecule has 0 aliphatic heterocycles. The Morgan fingerprint density at radius 3 is 1.88 bits per heavy atom. The highest BCUT2D eigenvalue weighted by Crippen LogP contribution is 2.43. The zero-order valence-corrected chi connectivity index (χ0v) is 15.6. The summed E-state index contributed by atoms with van der Waals surface area (Å²) < 4.78 is 23.6. The van der Waals surface area contributed by atoms with Crippen molar-refractivity contribution in [3.63, 3.8) is 0 Å². The minimum atomic E-state index is 0.562. The van der Waals surface area contributed by atoms with Crippen molar-refractivity contribution < 1.29 is 18.9 Å². The van der Waals surface area contributed by atoms with Crippen LogP contribution in [0.1, 0.15) is 0 Å². The van der Waals surface area contributed by atoms with E-state index in [0.717, 1.165) is 28.3 Å². The molecule has 3 aromatic rings. The largest absolute Gasteiger partial charge is 0.497 e. The number of imidazole rings is 1. The molecule has 0 saturated heterocycles. The van der Waals surface area contributed by atoms with Gasteiger partial charge in [0.05, 0.1) is 46.2 Å². The van der Waals surface area contributed by atoms with Gasteiger partial charge in [0.25, 0.3) is 0 Å². The molecule has 0 radical (unpaired) electrons. The first-order valence-corrected chi connectivity index (χ1v) is 8.09. The summed E-state index contributed by atoms with van der Waals surface area (Å²) in [6.07, 6.45) is 1.79. The lowest BCUT2D eigenvalue weighted by molar-refractivity contribution is 0.324. The highest BCUT2D eigenvalue weighted by molar-refractivity contribution is 5.81. The van der Waals surface area contributed by atoms with Gasteiger partial charge in [-0.05, 0) is 36.4 Å². The van der Waals surface area contributed by atoms with Gasteiger partial charge < -0.3 is 23.5 Å². The fraction of sp³-hybridized carbons (Fsp3) is 0.250. The Bertz CT molecular complexity index is 876. The average molecular weight is 354 g/mol. The molecule has 6 nitrogen and oxygen atoms in total. The van der Waals surface area contributed by atoms with E-state index in [0.29, 0.717) is 17.2 Å². The SMILES string of the molecule is COc1ccc(-c2ncn(C)c2-c2cc(OC)c(OC)c(OC)c2)cc1. The van der Waals surface area contributed by atoms with Crippen molar-refractivity contribution in [1.29, 1.82) is 0 Å². The molecule has 0 spiro atoms. The molecule has 0 aliphatic rings. The highest BCUT2D eigenvalue weighted by atomic mass is 16.5. The standard InChI is InChI=1S/C20H22N2O4/c1-22-12-21-18(13-6-8-15(23-2)9-7-13)19(22)14-10-16(24-3)20(26-5)17(11-14)25-4/h6-12H,1-5H3. The fourth-order valence-corrected chi connectivity index (χ4v) is 2.95. The van der Waals surface area contributed by atoms with E-state index in [1.807, 2.05) is 48.0 Å². The smallest absolute Gasteiger partial charge is 0.203 e. The molecule has 0 N–H and O–H groups in total. The van der Waals surface area contributed by atoms with E-state index in [9.17, 15) is 0 Å². The average Bonchev–Trinajstić information content (AvgIpc) is 3.08. The Balaban J connectivity index is 2.17. The first kappa shape index (κ1) is 17.7. The molecule has 26 heavy (non-hydrogen) atoms. The van der Waals surface area contributed by atoms with Crippen molar-refractivity contribution in [3.8, 4) is 45.5 Å². The lowest BCUT2D eigenvalue weighted by Crippen LogP contribution is -1.98. The molecule has 6 heteroatoms. The first-order valence-electron chi connectivity index (χ1n) is 8.09. The minimum absolute atomic E-state index is 0.562. The molecule has 136 valence electrons. The molecular weight excluding hydrogens is 332 g/mol. The predicted molar refractivity (Wildman–Crippen MR) is 100 cm³/mol. The van der Waals surface area contributed by atoms with Gasteiger partial charge in [0.1, 0.15) is 5.75 Å². The van der Waals surface area contributed by atoms with Gasteiger partial charge in [0.2, 0.25) is 5.75 Å². The molecule has 1 aromatic heterocycles. The summed E-state index contributed by atoms with van der Waals surface area (Å²) in [5, 5.41) is 0. The number of hydrogen-bond donors (Lipinski definition) is 0. The van der Waals surface area contributed by atoms with E-state index in [4.69, 9.17) is 18.9 Å². The summed E-state index contributed by atoms with van der Waals surface area (Å²) in [7, 11) is 8.41. The van der Waals surface area contributed by atoms with Crippen LogP contribution in [0.25, 0.3) is 22.5 Å². The zero-order chi connectivity index (χ0) is 18.7. The van der Waals surface area contributed by atoms with E-state index in [-0.39, 0.29) is 0 Å². The van der Waals surface area contributed by atoms with Crippen LogP contribution in [0.3, 0.4) is 0 Å². The Labute approximate surface area is 152 Å². The lowest BCUT2D eigenvalue weighted by Gasteiger charge is -2.15. The van der Waals surface area contributed by atoms with E-state index in [1.54, 1.807) is 34.8 Å². The molecular formula is C20H22N2O4. The van der Waals surface area contributed by atoms with Crippen LogP contribution in [0.5, 0.6) is 23.0 Å². The summed E-state index contributed by atoms with van der Waals surface area (Å²) in [5.41, 5.74) is 3.74. The van der Waals surface area contributed by atoms with Crippen molar-refractivity contribution in [1.82, 2.24) is 9.55 Å². The Kier molecular flexibility index (Phi) is 5.02. The first-order chi connectivity index (χ1) is 12.6. The number of rotatable bonds is 6. The van der Waals surface area contributed by atoms with Crippen LogP contribution < -0.4 is 18.9 Å². The fourth-order valence-electron chi connectivity index (χ4n) is 2.95.